The van der Waals surface area contributed by atoms with Gasteiger partial charge >= 0.3 is 6.03 Å². The van der Waals surface area contributed by atoms with E-state index in [1.54, 1.807) is 18.4 Å². The van der Waals surface area contributed by atoms with Crippen LogP contribution in [0.15, 0.2) is 20.0 Å². The van der Waals surface area contributed by atoms with Gasteiger partial charge in [0.2, 0.25) is 0 Å². The van der Waals surface area contributed by atoms with Crippen molar-refractivity contribution in [3.8, 4) is 0 Å². The quantitative estimate of drug-likeness (QED) is 0.738. The van der Waals surface area contributed by atoms with Crippen molar-refractivity contribution in [2.45, 2.75) is 62.2 Å². The summed E-state index contributed by atoms with van der Waals surface area (Å²) in [5.41, 5.74) is 5.93. The molecule has 0 saturated carbocycles. The summed E-state index contributed by atoms with van der Waals surface area (Å²) in [6, 6.07) is 1.04. The lowest BCUT2D eigenvalue weighted by Crippen LogP contribution is -2.12. The van der Waals surface area contributed by atoms with E-state index in [1.165, 1.54) is 11.3 Å². The number of hydrogen-bond donors (Lipinski definition) is 2. The van der Waals surface area contributed by atoms with Gasteiger partial charge in [-0.3, -0.25) is 4.98 Å². The standard InChI is InChI=1S/C19H22N3O3S2/c1-10-6-7-14-17(10)20-15-5-3-4-13(15)18(14)21-19(24)22-27(25)16-8-12(9-26-16)11(2)23/h8-11,23H,3-7H2,1-2H3,(H,20,21,24)/q-1/t10-,11+/m1/s1. The molecule has 2 amide bonds. The van der Waals surface area contributed by atoms with E-state index in [9.17, 15) is 14.1 Å². The first-order valence-corrected chi connectivity index (χ1v) is 11.2. The van der Waals surface area contributed by atoms with E-state index in [-0.39, 0.29) is 0 Å². The molecule has 27 heavy (non-hydrogen) atoms. The fourth-order valence-corrected chi connectivity index (χ4v) is 5.67. The lowest BCUT2D eigenvalue weighted by molar-refractivity contribution is 0.199. The number of carbonyl (C=O) groups is 1. The Hall–Kier alpha value is -1.77. The number of thiophene rings is 1. The molecule has 144 valence electrons. The van der Waals surface area contributed by atoms with Gasteiger partial charge in [-0.25, -0.2) is 4.79 Å². The zero-order chi connectivity index (χ0) is 19.1. The largest absolute Gasteiger partial charge is 0.439 e. The minimum absolute atomic E-state index is 0.401. The van der Waals surface area contributed by atoms with Crippen molar-refractivity contribution in [2.24, 2.45) is 4.36 Å². The van der Waals surface area contributed by atoms with Gasteiger partial charge in [0.05, 0.1) is 11.8 Å². The van der Waals surface area contributed by atoms with Gasteiger partial charge < -0.3 is 19.0 Å². The van der Waals surface area contributed by atoms with Crippen molar-refractivity contribution < 1.29 is 14.1 Å². The number of anilines is 1. The molecule has 8 heteroatoms. The van der Waals surface area contributed by atoms with Crippen LogP contribution in [-0.2, 0) is 34.1 Å². The van der Waals surface area contributed by atoms with E-state index in [0.717, 1.165) is 60.3 Å². The lowest BCUT2D eigenvalue weighted by atomic mass is 10.0. The van der Waals surface area contributed by atoms with E-state index >= 15 is 0 Å². The average molecular weight is 405 g/mol. The predicted octanol–water partition coefficient (Wildman–Crippen LogP) is 4.47. The molecule has 0 bridgehead atoms. The van der Waals surface area contributed by atoms with E-state index in [0.29, 0.717) is 15.7 Å². The number of hydrogen-bond acceptors (Lipinski definition) is 6. The van der Waals surface area contributed by atoms with E-state index in [4.69, 9.17) is 4.98 Å². The smallest absolute Gasteiger partial charge is 0.322 e. The molecule has 0 spiro atoms. The number of nitrogens with zero attached hydrogens (tertiary/aromatic N) is 2. The third kappa shape index (κ3) is 3.53. The molecule has 0 radical (unpaired) electrons. The Balaban J connectivity index is 1.62. The summed E-state index contributed by atoms with van der Waals surface area (Å²) in [4.78, 5) is 17.3. The third-order valence-corrected chi connectivity index (χ3v) is 7.55. The summed E-state index contributed by atoms with van der Waals surface area (Å²) in [6.07, 6.45) is 4.20. The maximum Gasteiger partial charge on any atom is 0.322 e. The van der Waals surface area contributed by atoms with Crippen LogP contribution < -0.4 is 5.32 Å². The molecule has 2 N–H and O–H groups in total. The number of aliphatic hydroxyl groups is 1. The van der Waals surface area contributed by atoms with Gasteiger partial charge in [-0.1, -0.05) is 13.0 Å². The Morgan fingerprint density at radius 3 is 2.96 bits per heavy atom. The average Bonchev–Trinajstić information content (AvgIpc) is 3.34. The number of rotatable bonds is 3. The third-order valence-electron chi connectivity index (χ3n) is 5.30. The number of nitrogens with one attached hydrogen (secondary N) is 1. The zero-order valence-corrected chi connectivity index (χ0v) is 17.0. The maximum atomic E-state index is 12.5. The Morgan fingerprint density at radius 1 is 1.41 bits per heavy atom. The summed E-state index contributed by atoms with van der Waals surface area (Å²) >= 11 is 1.23. The number of fused-ring (bicyclic) bond motifs is 2. The second-order valence-electron chi connectivity index (χ2n) is 7.21. The summed E-state index contributed by atoms with van der Waals surface area (Å²) in [5, 5.41) is 14.2. The van der Waals surface area contributed by atoms with Gasteiger partial charge in [0.1, 0.15) is 0 Å². The zero-order valence-electron chi connectivity index (χ0n) is 15.3. The fourth-order valence-electron chi connectivity index (χ4n) is 3.84. The molecule has 2 aliphatic rings. The highest BCUT2D eigenvalue weighted by Crippen LogP contribution is 2.41. The monoisotopic (exact) mass is 404 g/mol. The van der Waals surface area contributed by atoms with Crippen molar-refractivity contribution in [2.75, 3.05) is 5.32 Å². The molecule has 2 aromatic rings. The normalized spacial score (nSPS) is 20.3. The molecular formula is C19H22N3O3S2-. The summed E-state index contributed by atoms with van der Waals surface area (Å²) in [5.74, 6) is 0.401. The Bertz CT molecular complexity index is 990. The maximum absolute atomic E-state index is 12.5. The van der Waals surface area contributed by atoms with Crippen LogP contribution in [0.1, 0.15) is 66.8 Å². The molecule has 2 aliphatic carbocycles. The molecule has 0 aromatic carbocycles. The van der Waals surface area contributed by atoms with Gasteiger partial charge in [0.15, 0.2) is 0 Å². The number of aryl methyl sites for hydroxylation is 1. The van der Waals surface area contributed by atoms with Gasteiger partial charge in [0, 0.05) is 11.4 Å². The molecule has 0 aliphatic heterocycles. The number of aromatic nitrogens is 1. The van der Waals surface area contributed by atoms with Gasteiger partial charge in [-0.2, -0.15) is 11.3 Å². The topological polar surface area (TPSA) is 91.6 Å². The molecule has 4 rings (SSSR count). The molecule has 2 aromatic heterocycles. The minimum Gasteiger partial charge on any atom is -0.439 e. The molecule has 0 unspecified atom stereocenters. The molecule has 2 atom stereocenters. The SMILES string of the molecule is C[C@H](O)c1csc(/[S-](=O)=N/C(=O)Nc2c3c(nc4c2CC[C@H]4C)CCC3)c1. The van der Waals surface area contributed by atoms with Gasteiger partial charge in [-0.15, -0.1) is 10.6 Å². The van der Waals surface area contributed by atoms with Crippen LogP contribution in [0.3, 0.4) is 0 Å². The summed E-state index contributed by atoms with van der Waals surface area (Å²) in [6.45, 7) is 3.81. The van der Waals surface area contributed by atoms with Crippen molar-refractivity contribution in [1.82, 2.24) is 4.98 Å². The van der Waals surface area contributed by atoms with Gasteiger partial charge in [0.25, 0.3) is 0 Å². The van der Waals surface area contributed by atoms with Crippen molar-refractivity contribution in [3.05, 3.63) is 39.5 Å². The van der Waals surface area contributed by atoms with Crippen molar-refractivity contribution >= 4 is 33.7 Å². The van der Waals surface area contributed by atoms with Crippen molar-refractivity contribution in [1.29, 1.82) is 0 Å². The minimum atomic E-state index is -1.78. The van der Waals surface area contributed by atoms with Crippen LogP contribution >= 0.6 is 11.3 Å². The molecule has 2 heterocycles. The van der Waals surface area contributed by atoms with Crippen LogP contribution in [0.2, 0.25) is 0 Å². The molecule has 6 nitrogen and oxygen atoms in total. The van der Waals surface area contributed by atoms with Crippen LogP contribution in [-0.4, -0.2) is 16.1 Å². The van der Waals surface area contributed by atoms with E-state index in [1.807, 2.05) is 0 Å². The Morgan fingerprint density at radius 2 is 2.22 bits per heavy atom. The first-order valence-electron chi connectivity index (χ1n) is 9.19. The van der Waals surface area contributed by atoms with E-state index < -0.39 is 22.7 Å². The number of urea groups is 1. The summed E-state index contributed by atoms with van der Waals surface area (Å²) in [7, 11) is -1.78. The number of carbonyl (C=O) groups excluding carboxylic acids is 1. The van der Waals surface area contributed by atoms with Crippen LogP contribution in [0, 0.1) is 0 Å². The second kappa shape index (κ2) is 7.33. The first-order chi connectivity index (χ1) is 12.9. The van der Waals surface area contributed by atoms with Crippen LogP contribution in [0.4, 0.5) is 10.5 Å². The predicted molar refractivity (Wildman–Crippen MR) is 106 cm³/mol. The highest BCUT2D eigenvalue weighted by atomic mass is 32.2. The number of aliphatic hydroxyl groups excluding tert-OH is 1. The highest BCUT2D eigenvalue weighted by Gasteiger charge is 2.29. The molecule has 0 saturated heterocycles. The van der Waals surface area contributed by atoms with E-state index in [2.05, 4.69) is 16.6 Å². The van der Waals surface area contributed by atoms with Crippen molar-refractivity contribution in [3.63, 3.8) is 0 Å². The molecule has 0 fully saturated rings. The fraction of sp³-hybridized carbons (Fsp3) is 0.474. The van der Waals surface area contributed by atoms with Crippen LogP contribution in [0.25, 0.3) is 0 Å². The van der Waals surface area contributed by atoms with Crippen LogP contribution in [0.5, 0.6) is 0 Å². The highest BCUT2D eigenvalue weighted by molar-refractivity contribution is 7.78. The Kier molecular flexibility index (Phi) is 5.05. The lowest BCUT2D eigenvalue weighted by Gasteiger charge is -2.15. The second-order valence-corrected chi connectivity index (χ2v) is 9.51. The number of amides is 2. The Labute approximate surface area is 164 Å². The summed E-state index contributed by atoms with van der Waals surface area (Å²) < 4.78 is 16.7. The first kappa shape index (κ1) is 18.6. The van der Waals surface area contributed by atoms with Gasteiger partial charge in [-0.05, 0) is 71.2 Å². The molecular weight excluding hydrogens is 382 g/mol. The number of pyridine rings is 1.